The van der Waals surface area contributed by atoms with Crippen LogP contribution in [0.1, 0.15) is 24.8 Å². The molecule has 0 unspecified atom stereocenters. The molecule has 3 fully saturated rings. The number of fused-ring (bicyclic) bond motifs is 4. The van der Waals surface area contributed by atoms with Gasteiger partial charge in [-0.05, 0) is 31.9 Å². The fraction of sp³-hybridized carbons (Fsp3) is 0.571. The molecule has 1 aromatic rings. The molecule has 3 saturated heterocycles. The maximum Gasteiger partial charge on any atom is 0.409 e. The molecular weight excluding hydrogens is 372 g/mol. The van der Waals surface area contributed by atoms with Gasteiger partial charge in [-0.2, -0.15) is 0 Å². The van der Waals surface area contributed by atoms with Gasteiger partial charge in [0, 0.05) is 43.5 Å². The van der Waals surface area contributed by atoms with E-state index in [-0.39, 0.29) is 23.9 Å². The van der Waals surface area contributed by atoms with E-state index in [0.29, 0.717) is 32.6 Å². The number of hydrogen-bond acceptors (Lipinski definition) is 5. The van der Waals surface area contributed by atoms with Crippen LogP contribution >= 0.6 is 0 Å². The molecule has 1 aromatic carbocycles. The Balaban J connectivity index is 1.46. The minimum absolute atomic E-state index is 0.0239. The van der Waals surface area contributed by atoms with Gasteiger partial charge < -0.3 is 19.9 Å². The van der Waals surface area contributed by atoms with Crippen LogP contribution in [0.2, 0.25) is 0 Å². The summed E-state index contributed by atoms with van der Waals surface area (Å²) in [5.74, 6) is -0.452. The van der Waals surface area contributed by atoms with Crippen LogP contribution in [0.3, 0.4) is 0 Å². The lowest BCUT2D eigenvalue weighted by molar-refractivity contribution is -0.145. The molecule has 0 aromatic heterocycles. The third kappa shape index (κ3) is 2.51. The van der Waals surface area contributed by atoms with Crippen LogP contribution in [0.25, 0.3) is 0 Å². The van der Waals surface area contributed by atoms with E-state index in [9.17, 15) is 14.4 Å². The number of rotatable bonds is 1. The average Bonchev–Trinajstić information content (AvgIpc) is 3.41. The number of hydrogen-bond donors (Lipinski definition) is 1. The predicted molar refractivity (Wildman–Crippen MR) is 105 cm³/mol. The first-order valence-electron chi connectivity index (χ1n) is 10.4. The van der Waals surface area contributed by atoms with Gasteiger partial charge in [0.15, 0.2) is 0 Å². The summed E-state index contributed by atoms with van der Waals surface area (Å²) in [6, 6.07) is 8.03. The van der Waals surface area contributed by atoms with E-state index in [1.807, 2.05) is 29.2 Å². The quantitative estimate of drug-likeness (QED) is 0.770. The van der Waals surface area contributed by atoms with Crippen molar-refractivity contribution in [1.29, 1.82) is 0 Å². The minimum Gasteiger partial charge on any atom is -0.453 e. The maximum atomic E-state index is 13.7. The number of carbonyl (C=O) groups is 3. The molecule has 8 heteroatoms. The summed E-state index contributed by atoms with van der Waals surface area (Å²) in [5, 5.41) is 3.04. The first-order chi connectivity index (χ1) is 14.1. The minimum atomic E-state index is -0.908. The molecule has 8 nitrogen and oxygen atoms in total. The SMILES string of the molecule is COC(=O)N1CCN(C(=O)[C@H]2C[C@H]3CCCN3[C@]23C(=O)Nc2ccccc23)CC1. The number of amides is 3. The largest absolute Gasteiger partial charge is 0.453 e. The Bertz CT molecular complexity index is 866. The lowest BCUT2D eigenvalue weighted by Gasteiger charge is -2.40. The number of methoxy groups -OCH3 is 1. The van der Waals surface area contributed by atoms with Gasteiger partial charge in [-0.1, -0.05) is 18.2 Å². The zero-order valence-electron chi connectivity index (χ0n) is 16.6. The van der Waals surface area contributed by atoms with Crippen LogP contribution in [-0.2, 0) is 19.9 Å². The zero-order chi connectivity index (χ0) is 20.2. The van der Waals surface area contributed by atoms with Gasteiger partial charge in [-0.3, -0.25) is 14.5 Å². The summed E-state index contributed by atoms with van der Waals surface area (Å²) in [7, 11) is 1.37. The summed E-state index contributed by atoms with van der Waals surface area (Å²) in [6.07, 6.45) is 2.43. The van der Waals surface area contributed by atoms with Crippen LogP contribution in [0, 0.1) is 5.92 Å². The molecule has 5 rings (SSSR count). The van der Waals surface area contributed by atoms with E-state index in [2.05, 4.69) is 10.2 Å². The molecule has 154 valence electrons. The van der Waals surface area contributed by atoms with Crippen molar-refractivity contribution in [3.63, 3.8) is 0 Å². The third-order valence-electron chi connectivity index (χ3n) is 7.10. The van der Waals surface area contributed by atoms with E-state index < -0.39 is 11.5 Å². The van der Waals surface area contributed by atoms with Crippen LogP contribution in [-0.4, -0.2) is 78.5 Å². The number of ether oxygens (including phenoxy) is 1. The number of nitrogens with zero attached hydrogens (tertiary/aromatic N) is 3. The van der Waals surface area contributed by atoms with Gasteiger partial charge in [0.25, 0.3) is 0 Å². The van der Waals surface area contributed by atoms with E-state index in [0.717, 1.165) is 30.6 Å². The van der Waals surface area contributed by atoms with E-state index in [1.165, 1.54) is 7.11 Å². The van der Waals surface area contributed by atoms with Gasteiger partial charge in [0.2, 0.25) is 11.8 Å². The highest BCUT2D eigenvalue weighted by molar-refractivity contribution is 6.09. The number of piperazine rings is 1. The Hall–Kier alpha value is -2.61. The lowest BCUT2D eigenvalue weighted by Crippen LogP contribution is -2.57. The van der Waals surface area contributed by atoms with Crippen molar-refractivity contribution in [2.45, 2.75) is 30.8 Å². The summed E-state index contributed by atoms with van der Waals surface area (Å²) in [4.78, 5) is 44.5. The van der Waals surface area contributed by atoms with Crippen LogP contribution in [0.15, 0.2) is 24.3 Å². The van der Waals surface area contributed by atoms with Crippen molar-refractivity contribution in [3.8, 4) is 0 Å². The van der Waals surface area contributed by atoms with Crippen molar-refractivity contribution >= 4 is 23.6 Å². The molecule has 4 aliphatic rings. The Morgan fingerprint density at radius 3 is 2.59 bits per heavy atom. The monoisotopic (exact) mass is 398 g/mol. The standard InChI is InChI=1S/C21H26N4O4/c1-29-20(28)24-11-9-23(10-12-24)18(26)16-13-14-5-4-8-25(14)21(16)15-6-2-3-7-17(15)22-19(21)27/h2-3,6-7,14,16H,4-5,8-13H2,1H3,(H,22,27)/t14-,16-,21+/m1/s1. The summed E-state index contributed by atoms with van der Waals surface area (Å²) >= 11 is 0. The van der Waals surface area contributed by atoms with Crippen molar-refractivity contribution in [2.24, 2.45) is 5.92 Å². The highest BCUT2D eigenvalue weighted by Crippen LogP contribution is 2.55. The molecule has 3 atom stereocenters. The average molecular weight is 398 g/mol. The van der Waals surface area contributed by atoms with Crippen molar-refractivity contribution in [3.05, 3.63) is 29.8 Å². The number of anilines is 1. The van der Waals surface area contributed by atoms with Gasteiger partial charge in [0.05, 0.1) is 13.0 Å². The highest BCUT2D eigenvalue weighted by atomic mass is 16.5. The van der Waals surface area contributed by atoms with Crippen LogP contribution < -0.4 is 5.32 Å². The van der Waals surface area contributed by atoms with Gasteiger partial charge in [0.1, 0.15) is 5.54 Å². The topological polar surface area (TPSA) is 82.2 Å². The second-order valence-corrected chi connectivity index (χ2v) is 8.33. The number of carbonyl (C=O) groups excluding carboxylic acids is 3. The Morgan fingerprint density at radius 2 is 1.83 bits per heavy atom. The molecule has 29 heavy (non-hydrogen) atoms. The molecule has 0 radical (unpaired) electrons. The van der Waals surface area contributed by atoms with E-state index >= 15 is 0 Å². The number of para-hydroxylation sites is 1. The molecule has 4 heterocycles. The van der Waals surface area contributed by atoms with Crippen molar-refractivity contribution < 1.29 is 19.1 Å². The molecule has 0 saturated carbocycles. The maximum absolute atomic E-state index is 13.7. The van der Waals surface area contributed by atoms with Crippen LogP contribution in [0.4, 0.5) is 10.5 Å². The predicted octanol–water partition coefficient (Wildman–Crippen LogP) is 1.23. The van der Waals surface area contributed by atoms with Gasteiger partial charge >= 0.3 is 6.09 Å². The normalized spacial score (nSPS) is 31.0. The first kappa shape index (κ1) is 18.4. The van der Waals surface area contributed by atoms with Gasteiger partial charge in [-0.25, -0.2) is 4.79 Å². The molecule has 0 bridgehead atoms. The Morgan fingerprint density at radius 1 is 1.10 bits per heavy atom. The zero-order valence-corrected chi connectivity index (χ0v) is 16.6. The number of nitrogens with one attached hydrogen (secondary N) is 1. The smallest absolute Gasteiger partial charge is 0.409 e. The number of benzene rings is 1. The molecule has 0 aliphatic carbocycles. The summed E-state index contributed by atoms with van der Waals surface area (Å²) in [6.45, 7) is 2.68. The third-order valence-corrected chi connectivity index (χ3v) is 7.10. The van der Waals surface area contributed by atoms with Gasteiger partial charge in [-0.15, -0.1) is 0 Å². The summed E-state index contributed by atoms with van der Waals surface area (Å²) in [5.41, 5.74) is 0.841. The molecule has 1 N–H and O–H groups in total. The van der Waals surface area contributed by atoms with Crippen molar-refractivity contribution in [1.82, 2.24) is 14.7 Å². The van der Waals surface area contributed by atoms with E-state index in [4.69, 9.17) is 4.74 Å². The summed E-state index contributed by atoms with van der Waals surface area (Å²) < 4.78 is 4.79. The molecule has 1 spiro atoms. The second kappa shape index (κ2) is 6.73. The van der Waals surface area contributed by atoms with Crippen LogP contribution in [0.5, 0.6) is 0 Å². The first-order valence-corrected chi connectivity index (χ1v) is 10.4. The molecule has 4 aliphatic heterocycles. The molecular formula is C21H26N4O4. The highest BCUT2D eigenvalue weighted by Gasteiger charge is 2.65. The Kier molecular flexibility index (Phi) is 4.27. The fourth-order valence-electron chi connectivity index (χ4n) is 5.82. The fourth-order valence-corrected chi connectivity index (χ4v) is 5.82. The Labute approximate surface area is 169 Å². The second-order valence-electron chi connectivity index (χ2n) is 8.33. The molecule has 3 amide bonds. The van der Waals surface area contributed by atoms with E-state index in [1.54, 1.807) is 4.90 Å². The van der Waals surface area contributed by atoms with Crippen molar-refractivity contribution in [2.75, 3.05) is 45.2 Å². The lowest BCUT2D eigenvalue weighted by atomic mass is 9.78.